The normalized spacial score (nSPS) is 11.5. The molecule has 0 saturated heterocycles. The van der Waals surface area contributed by atoms with E-state index in [-0.39, 0.29) is 0 Å². The zero-order valence-electron chi connectivity index (χ0n) is 7.32. The van der Waals surface area contributed by atoms with Gasteiger partial charge < -0.3 is 0 Å². The maximum Gasteiger partial charge on any atom is 0.419 e. The molecular formula is C9H7ClF3N. The second kappa shape index (κ2) is 3.61. The van der Waals surface area contributed by atoms with Crippen molar-refractivity contribution in [1.29, 1.82) is 0 Å². The Bertz CT molecular complexity index is 371. The van der Waals surface area contributed by atoms with Crippen LogP contribution in [-0.2, 0) is 6.18 Å². The summed E-state index contributed by atoms with van der Waals surface area (Å²) in [6.45, 7) is 5.20. The van der Waals surface area contributed by atoms with Crippen molar-refractivity contribution in [3.63, 3.8) is 0 Å². The lowest BCUT2D eigenvalue weighted by Crippen LogP contribution is -2.07. The molecule has 0 spiro atoms. The first kappa shape index (κ1) is 11.0. The SMILES string of the molecule is C=C(C)c1ccc(C(F)(F)F)c(Cl)n1. The Balaban J connectivity index is 3.21. The molecule has 1 aromatic rings. The number of halogens is 4. The van der Waals surface area contributed by atoms with Gasteiger partial charge in [0.1, 0.15) is 5.15 Å². The van der Waals surface area contributed by atoms with Crippen molar-refractivity contribution in [1.82, 2.24) is 4.98 Å². The molecule has 0 aliphatic rings. The Labute approximate surface area is 84.2 Å². The van der Waals surface area contributed by atoms with Gasteiger partial charge in [0, 0.05) is 0 Å². The molecule has 0 amide bonds. The van der Waals surface area contributed by atoms with E-state index in [1.165, 1.54) is 6.07 Å². The van der Waals surface area contributed by atoms with Crippen molar-refractivity contribution in [2.24, 2.45) is 0 Å². The van der Waals surface area contributed by atoms with Gasteiger partial charge in [0.05, 0.1) is 11.3 Å². The maximum atomic E-state index is 12.2. The summed E-state index contributed by atoms with van der Waals surface area (Å²) in [6.07, 6.45) is -4.46. The van der Waals surface area contributed by atoms with Crippen LogP contribution >= 0.6 is 11.6 Å². The quantitative estimate of drug-likeness (QED) is 0.658. The van der Waals surface area contributed by atoms with Crippen LogP contribution in [0.5, 0.6) is 0 Å². The monoisotopic (exact) mass is 221 g/mol. The predicted molar refractivity (Wildman–Crippen MR) is 49.0 cm³/mol. The molecule has 1 rings (SSSR count). The Morgan fingerprint density at radius 2 is 2.00 bits per heavy atom. The van der Waals surface area contributed by atoms with E-state index in [1.807, 2.05) is 0 Å². The maximum absolute atomic E-state index is 12.2. The summed E-state index contributed by atoms with van der Waals surface area (Å²) < 4.78 is 36.7. The first-order valence-corrected chi connectivity index (χ1v) is 4.10. The van der Waals surface area contributed by atoms with Crippen LogP contribution in [0.3, 0.4) is 0 Å². The zero-order chi connectivity index (χ0) is 10.9. The second-order valence-electron chi connectivity index (χ2n) is 2.81. The fourth-order valence-electron chi connectivity index (χ4n) is 0.883. The lowest BCUT2D eigenvalue weighted by molar-refractivity contribution is -0.137. The molecule has 5 heteroatoms. The summed E-state index contributed by atoms with van der Waals surface area (Å²) in [6, 6.07) is 2.15. The van der Waals surface area contributed by atoms with Crippen LogP contribution in [-0.4, -0.2) is 4.98 Å². The van der Waals surface area contributed by atoms with Crippen LogP contribution in [0.2, 0.25) is 5.15 Å². The molecule has 0 bridgehead atoms. The molecule has 0 atom stereocenters. The third-order valence-electron chi connectivity index (χ3n) is 1.59. The van der Waals surface area contributed by atoms with E-state index >= 15 is 0 Å². The molecule has 0 N–H and O–H groups in total. The topological polar surface area (TPSA) is 12.9 Å². The molecule has 0 radical (unpaired) electrons. The van der Waals surface area contributed by atoms with Gasteiger partial charge in [0.2, 0.25) is 0 Å². The van der Waals surface area contributed by atoms with Crippen molar-refractivity contribution in [3.05, 3.63) is 35.1 Å². The number of alkyl halides is 3. The molecule has 0 fully saturated rings. The fourth-order valence-corrected chi connectivity index (χ4v) is 1.14. The van der Waals surface area contributed by atoms with Gasteiger partial charge in [-0.1, -0.05) is 18.2 Å². The highest BCUT2D eigenvalue weighted by molar-refractivity contribution is 6.30. The summed E-state index contributed by atoms with van der Waals surface area (Å²) in [5.74, 6) is 0. The average Bonchev–Trinajstić information content (AvgIpc) is 2.01. The van der Waals surface area contributed by atoms with Gasteiger partial charge in [0.15, 0.2) is 0 Å². The van der Waals surface area contributed by atoms with Crippen LogP contribution in [0, 0.1) is 0 Å². The van der Waals surface area contributed by atoms with Gasteiger partial charge in [-0.25, -0.2) is 4.98 Å². The van der Waals surface area contributed by atoms with Crippen molar-refractivity contribution < 1.29 is 13.2 Å². The fraction of sp³-hybridized carbons (Fsp3) is 0.222. The predicted octanol–water partition coefficient (Wildman–Crippen LogP) is 3.79. The van der Waals surface area contributed by atoms with Crippen molar-refractivity contribution >= 4 is 17.2 Å². The minimum atomic E-state index is -4.46. The summed E-state index contributed by atoms with van der Waals surface area (Å²) in [5, 5.41) is -0.544. The van der Waals surface area contributed by atoms with E-state index in [4.69, 9.17) is 11.6 Å². The zero-order valence-corrected chi connectivity index (χ0v) is 8.08. The largest absolute Gasteiger partial charge is 0.419 e. The van der Waals surface area contributed by atoms with E-state index < -0.39 is 16.9 Å². The summed E-state index contributed by atoms with van der Waals surface area (Å²) in [5.41, 5.74) is 0.00721. The first-order valence-electron chi connectivity index (χ1n) is 3.72. The Morgan fingerprint density at radius 1 is 1.43 bits per heavy atom. The number of aromatic nitrogens is 1. The van der Waals surface area contributed by atoms with Gasteiger partial charge >= 0.3 is 6.18 Å². The average molecular weight is 222 g/mol. The van der Waals surface area contributed by atoms with Crippen molar-refractivity contribution in [2.45, 2.75) is 13.1 Å². The summed E-state index contributed by atoms with van der Waals surface area (Å²) in [7, 11) is 0. The number of hydrogen-bond donors (Lipinski definition) is 0. The standard InChI is InChI=1S/C9H7ClF3N/c1-5(2)7-4-3-6(8(10)14-7)9(11,12)13/h3-4H,1H2,2H3. The number of allylic oxidation sites excluding steroid dienone is 1. The number of rotatable bonds is 1. The van der Waals surface area contributed by atoms with E-state index in [2.05, 4.69) is 11.6 Å². The van der Waals surface area contributed by atoms with E-state index in [1.54, 1.807) is 6.92 Å². The van der Waals surface area contributed by atoms with Crippen LogP contribution in [0.1, 0.15) is 18.2 Å². The first-order chi connectivity index (χ1) is 6.32. The van der Waals surface area contributed by atoms with Crippen LogP contribution in [0.4, 0.5) is 13.2 Å². The molecule has 1 nitrogen and oxygen atoms in total. The third kappa shape index (κ3) is 2.26. The molecule has 0 aliphatic carbocycles. The third-order valence-corrected chi connectivity index (χ3v) is 1.88. The highest BCUT2D eigenvalue weighted by Gasteiger charge is 2.33. The molecule has 0 aromatic carbocycles. The molecule has 0 saturated carbocycles. The van der Waals surface area contributed by atoms with Gasteiger partial charge in [0.25, 0.3) is 0 Å². The molecule has 76 valence electrons. The minimum Gasteiger partial charge on any atom is -0.236 e. The highest BCUT2D eigenvalue weighted by atomic mass is 35.5. The Kier molecular flexibility index (Phi) is 2.85. The molecular weight excluding hydrogens is 215 g/mol. The van der Waals surface area contributed by atoms with E-state index in [0.29, 0.717) is 11.3 Å². The lowest BCUT2D eigenvalue weighted by atomic mass is 10.2. The molecule has 1 aromatic heterocycles. The minimum absolute atomic E-state index is 0.364. The summed E-state index contributed by atoms with van der Waals surface area (Å²) in [4.78, 5) is 3.58. The van der Waals surface area contributed by atoms with Gasteiger partial charge in [-0.3, -0.25) is 0 Å². The molecule has 0 unspecified atom stereocenters. The molecule has 0 aliphatic heterocycles. The summed E-state index contributed by atoms with van der Waals surface area (Å²) >= 11 is 5.39. The Morgan fingerprint density at radius 3 is 2.36 bits per heavy atom. The Hall–Kier alpha value is -1.03. The molecule has 1 heterocycles. The number of hydrogen-bond acceptors (Lipinski definition) is 1. The van der Waals surface area contributed by atoms with Crippen molar-refractivity contribution in [3.8, 4) is 0 Å². The number of pyridine rings is 1. The van der Waals surface area contributed by atoms with Gasteiger partial charge in [-0.15, -0.1) is 0 Å². The van der Waals surface area contributed by atoms with Crippen molar-refractivity contribution in [2.75, 3.05) is 0 Å². The second-order valence-corrected chi connectivity index (χ2v) is 3.17. The van der Waals surface area contributed by atoms with E-state index in [9.17, 15) is 13.2 Å². The smallest absolute Gasteiger partial charge is 0.236 e. The lowest BCUT2D eigenvalue weighted by Gasteiger charge is -2.09. The van der Waals surface area contributed by atoms with E-state index in [0.717, 1.165) is 6.07 Å². The van der Waals surface area contributed by atoms with Crippen LogP contribution in [0.15, 0.2) is 18.7 Å². The highest BCUT2D eigenvalue weighted by Crippen LogP contribution is 2.34. The van der Waals surface area contributed by atoms with Gasteiger partial charge in [-0.05, 0) is 24.6 Å². The molecule has 14 heavy (non-hydrogen) atoms. The number of nitrogens with zero attached hydrogens (tertiary/aromatic N) is 1. The van der Waals surface area contributed by atoms with Gasteiger partial charge in [-0.2, -0.15) is 13.2 Å². The van der Waals surface area contributed by atoms with Crippen LogP contribution in [0.25, 0.3) is 5.57 Å². The van der Waals surface area contributed by atoms with Crippen LogP contribution < -0.4 is 0 Å².